The van der Waals surface area contributed by atoms with E-state index >= 15 is 0 Å². The first kappa shape index (κ1) is 17.5. The molecule has 0 unspecified atom stereocenters. The highest BCUT2D eigenvalue weighted by Crippen LogP contribution is 2.22. The molecule has 21 heavy (non-hydrogen) atoms. The molecular formula is C15H24N2O3S. The fraction of sp³-hybridized carbons (Fsp3) is 0.533. The van der Waals surface area contributed by atoms with Crippen LogP contribution in [0.25, 0.3) is 0 Å². The first-order chi connectivity index (χ1) is 9.96. The zero-order valence-corrected chi connectivity index (χ0v) is 13.7. The Balaban J connectivity index is 2.88. The van der Waals surface area contributed by atoms with E-state index in [-0.39, 0.29) is 23.1 Å². The highest BCUT2D eigenvalue weighted by molar-refractivity contribution is 7.91. The van der Waals surface area contributed by atoms with Crippen molar-refractivity contribution >= 4 is 21.4 Å². The lowest BCUT2D eigenvalue weighted by Crippen LogP contribution is -2.35. The second kappa shape index (κ2) is 8.02. The van der Waals surface area contributed by atoms with Crippen molar-refractivity contribution in [1.82, 2.24) is 4.90 Å². The van der Waals surface area contributed by atoms with Crippen LogP contribution in [0.3, 0.4) is 0 Å². The van der Waals surface area contributed by atoms with E-state index in [0.29, 0.717) is 25.2 Å². The van der Waals surface area contributed by atoms with Crippen LogP contribution >= 0.6 is 0 Å². The molecule has 0 aliphatic rings. The van der Waals surface area contributed by atoms with Crippen LogP contribution in [0.2, 0.25) is 0 Å². The minimum absolute atomic E-state index is 0.0392. The van der Waals surface area contributed by atoms with Crippen molar-refractivity contribution in [3.8, 4) is 0 Å². The van der Waals surface area contributed by atoms with Gasteiger partial charge in [-0.2, -0.15) is 0 Å². The lowest BCUT2D eigenvalue weighted by atomic mass is 10.3. The molecule has 5 nitrogen and oxygen atoms in total. The molecule has 0 heterocycles. The van der Waals surface area contributed by atoms with Crippen LogP contribution in [0.15, 0.2) is 29.2 Å². The van der Waals surface area contributed by atoms with Gasteiger partial charge in [0, 0.05) is 13.1 Å². The van der Waals surface area contributed by atoms with E-state index < -0.39 is 9.84 Å². The Hall–Kier alpha value is -1.56. The number of amides is 1. The zero-order valence-electron chi connectivity index (χ0n) is 12.9. The van der Waals surface area contributed by atoms with Crippen molar-refractivity contribution in [2.24, 2.45) is 0 Å². The zero-order chi connectivity index (χ0) is 15.9. The number of nitrogens with one attached hydrogen (secondary N) is 1. The van der Waals surface area contributed by atoms with Gasteiger partial charge in [-0.25, -0.2) is 8.42 Å². The predicted molar refractivity (Wildman–Crippen MR) is 85.2 cm³/mol. The number of sulfone groups is 1. The molecule has 1 amide bonds. The van der Waals surface area contributed by atoms with Gasteiger partial charge >= 0.3 is 0 Å². The minimum Gasteiger partial charge on any atom is -0.375 e. The van der Waals surface area contributed by atoms with E-state index in [0.717, 1.165) is 0 Å². The van der Waals surface area contributed by atoms with Gasteiger partial charge in [-0.15, -0.1) is 0 Å². The maximum Gasteiger partial charge on any atom is 0.241 e. The van der Waals surface area contributed by atoms with Crippen molar-refractivity contribution in [1.29, 1.82) is 0 Å². The molecule has 0 bridgehead atoms. The molecule has 0 aliphatic carbocycles. The summed E-state index contributed by atoms with van der Waals surface area (Å²) in [6.07, 6.45) is 0.565. The number of carbonyl (C=O) groups excluding carboxylic acids is 1. The monoisotopic (exact) mass is 312 g/mol. The van der Waals surface area contributed by atoms with Crippen LogP contribution in [0.5, 0.6) is 0 Å². The summed E-state index contributed by atoms with van der Waals surface area (Å²) >= 11 is 0. The SMILES string of the molecule is CCCS(=O)(=O)c1ccccc1NCC(=O)N(CC)CC. The fourth-order valence-corrected chi connectivity index (χ4v) is 3.64. The third kappa shape index (κ3) is 4.74. The van der Waals surface area contributed by atoms with Crippen molar-refractivity contribution in [3.63, 3.8) is 0 Å². The summed E-state index contributed by atoms with van der Waals surface area (Å²) < 4.78 is 24.4. The smallest absolute Gasteiger partial charge is 0.241 e. The fourth-order valence-electron chi connectivity index (χ4n) is 2.12. The molecule has 0 aromatic heterocycles. The average molecular weight is 312 g/mol. The first-order valence-corrected chi connectivity index (χ1v) is 8.94. The van der Waals surface area contributed by atoms with Gasteiger partial charge in [-0.3, -0.25) is 4.79 Å². The largest absolute Gasteiger partial charge is 0.375 e. The predicted octanol–water partition coefficient (Wildman–Crippen LogP) is 2.15. The van der Waals surface area contributed by atoms with Crippen molar-refractivity contribution in [3.05, 3.63) is 24.3 Å². The molecule has 0 fully saturated rings. The number of hydrogen-bond donors (Lipinski definition) is 1. The summed E-state index contributed by atoms with van der Waals surface area (Å²) in [5.74, 6) is 0.0677. The topological polar surface area (TPSA) is 66.5 Å². The molecule has 118 valence electrons. The van der Waals surface area contributed by atoms with Crippen molar-refractivity contribution in [2.75, 3.05) is 30.7 Å². The molecule has 0 radical (unpaired) electrons. The van der Waals surface area contributed by atoms with Gasteiger partial charge in [-0.05, 0) is 32.4 Å². The Kier molecular flexibility index (Phi) is 6.68. The van der Waals surface area contributed by atoms with Gasteiger partial charge < -0.3 is 10.2 Å². The Morgan fingerprint density at radius 3 is 2.33 bits per heavy atom. The van der Waals surface area contributed by atoms with E-state index in [2.05, 4.69) is 5.32 Å². The van der Waals surface area contributed by atoms with Crippen LogP contribution < -0.4 is 5.32 Å². The number of benzene rings is 1. The number of nitrogens with zero attached hydrogens (tertiary/aromatic N) is 1. The molecule has 1 rings (SSSR count). The van der Waals surface area contributed by atoms with Crippen LogP contribution in [-0.4, -0.2) is 44.6 Å². The Morgan fingerprint density at radius 1 is 1.14 bits per heavy atom. The number of para-hydroxylation sites is 1. The lowest BCUT2D eigenvalue weighted by Gasteiger charge is -2.19. The Morgan fingerprint density at radius 2 is 1.76 bits per heavy atom. The maximum absolute atomic E-state index is 12.2. The Labute approximate surface area is 127 Å². The summed E-state index contributed by atoms with van der Waals surface area (Å²) in [5, 5.41) is 2.96. The summed E-state index contributed by atoms with van der Waals surface area (Å²) in [6, 6.07) is 6.72. The number of carbonyl (C=O) groups is 1. The van der Waals surface area contributed by atoms with Gasteiger partial charge in [0.25, 0.3) is 0 Å². The lowest BCUT2D eigenvalue weighted by molar-refractivity contribution is -0.128. The highest BCUT2D eigenvalue weighted by Gasteiger charge is 2.18. The summed E-state index contributed by atoms with van der Waals surface area (Å²) in [6.45, 7) is 7.06. The molecule has 6 heteroatoms. The standard InChI is InChI=1S/C15H24N2O3S/c1-4-11-21(19,20)14-10-8-7-9-13(14)16-12-15(18)17(5-2)6-3/h7-10,16H,4-6,11-12H2,1-3H3. The third-order valence-corrected chi connectivity index (χ3v) is 5.21. The Bertz CT molecular complexity index is 566. The second-order valence-electron chi connectivity index (χ2n) is 4.73. The van der Waals surface area contributed by atoms with Crippen molar-refractivity contribution in [2.45, 2.75) is 32.1 Å². The molecule has 0 saturated heterocycles. The summed E-state index contributed by atoms with van der Waals surface area (Å²) in [5.41, 5.74) is 0.492. The summed E-state index contributed by atoms with van der Waals surface area (Å²) in [4.78, 5) is 13.9. The minimum atomic E-state index is -3.31. The highest BCUT2D eigenvalue weighted by atomic mass is 32.2. The van der Waals surface area contributed by atoms with Gasteiger partial charge in [0.15, 0.2) is 9.84 Å². The van der Waals surface area contributed by atoms with Gasteiger partial charge in [0.1, 0.15) is 0 Å². The van der Waals surface area contributed by atoms with E-state index in [1.165, 1.54) is 0 Å². The number of rotatable bonds is 8. The van der Waals surface area contributed by atoms with E-state index in [1.807, 2.05) is 20.8 Å². The van der Waals surface area contributed by atoms with E-state index in [4.69, 9.17) is 0 Å². The molecule has 0 saturated carbocycles. The quantitative estimate of drug-likeness (QED) is 0.799. The number of likely N-dealkylation sites (N-methyl/N-ethyl adjacent to an activating group) is 1. The molecule has 0 aliphatic heterocycles. The van der Waals surface area contributed by atoms with Gasteiger partial charge in [0.05, 0.1) is 22.9 Å². The molecular weight excluding hydrogens is 288 g/mol. The average Bonchev–Trinajstić information content (AvgIpc) is 2.46. The van der Waals surface area contributed by atoms with Crippen LogP contribution in [0.4, 0.5) is 5.69 Å². The van der Waals surface area contributed by atoms with Crippen LogP contribution in [0, 0.1) is 0 Å². The van der Waals surface area contributed by atoms with Gasteiger partial charge in [0.2, 0.25) is 5.91 Å². The molecule has 0 spiro atoms. The van der Waals surface area contributed by atoms with Gasteiger partial charge in [-0.1, -0.05) is 19.1 Å². The van der Waals surface area contributed by atoms with Crippen LogP contribution in [-0.2, 0) is 14.6 Å². The molecule has 1 aromatic carbocycles. The van der Waals surface area contributed by atoms with E-state index in [9.17, 15) is 13.2 Å². The second-order valence-corrected chi connectivity index (χ2v) is 6.81. The van der Waals surface area contributed by atoms with Crippen molar-refractivity contribution < 1.29 is 13.2 Å². The molecule has 1 N–H and O–H groups in total. The summed E-state index contributed by atoms with van der Waals surface area (Å²) in [7, 11) is -3.31. The molecule has 0 atom stereocenters. The molecule has 1 aromatic rings. The first-order valence-electron chi connectivity index (χ1n) is 7.29. The third-order valence-electron chi connectivity index (χ3n) is 3.24. The maximum atomic E-state index is 12.2. The van der Waals surface area contributed by atoms with Crippen LogP contribution in [0.1, 0.15) is 27.2 Å². The van der Waals surface area contributed by atoms with E-state index in [1.54, 1.807) is 29.2 Å². The number of hydrogen-bond acceptors (Lipinski definition) is 4. The number of anilines is 1. The normalized spacial score (nSPS) is 11.2.